The fourth-order valence-corrected chi connectivity index (χ4v) is 12.2. The first-order chi connectivity index (χ1) is 26.0. The second-order valence-corrected chi connectivity index (χ2v) is 17.1. The highest BCUT2D eigenvalue weighted by atomic mass is 15.0. The quantitative estimate of drug-likeness (QED) is 0.186. The predicted octanol–water partition coefficient (Wildman–Crippen LogP) is 11.4. The van der Waals surface area contributed by atoms with Gasteiger partial charge >= 0.3 is 0 Å². The first-order valence-corrected chi connectivity index (χ1v) is 19.6. The Kier molecular flexibility index (Phi) is 5.99. The lowest BCUT2D eigenvalue weighted by Gasteiger charge is -2.61. The number of aromatic nitrogens is 4. The molecule has 4 heteroatoms. The largest absolute Gasteiger partial charge is 0.256 e. The molecule has 4 nitrogen and oxygen atoms in total. The smallest absolute Gasteiger partial charge is 0.164 e. The number of hydrogen-bond acceptors (Lipinski definition) is 4. The van der Waals surface area contributed by atoms with Crippen molar-refractivity contribution in [3.63, 3.8) is 0 Å². The van der Waals surface area contributed by atoms with Crippen molar-refractivity contribution in [2.24, 2.45) is 23.7 Å². The molecule has 0 unspecified atom stereocenters. The van der Waals surface area contributed by atoms with Crippen LogP contribution in [0.5, 0.6) is 0 Å². The van der Waals surface area contributed by atoms with Gasteiger partial charge < -0.3 is 0 Å². The maximum Gasteiger partial charge on any atom is 0.164 e. The lowest BCUT2D eigenvalue weighted by molar-refractivity contribution is -0.0399. The minimum Gasteiger partial charge on any atom is -0.256 e. The molecule has 13 rings (SSSR count). The van der Waals surface area contributed by atoms with Crippen molar-refractivity contribution in [2.75, 3.05) is 0 Å². The summed E-state index contributed by atoms with van der Waals surface area (Å²) in [6.45, 7) is 4.83. The molecule has 4 fully saturated rings. The molecular formula is C49H40N4. The molecule has 0 aliphatic heterocycles. The molecular weight excluding hydrogens is 645 g/mol. The SMILES string of the molecule is CC1(C)c2ccccc2-c2cc3c(cc21)-c1ccc(-c2nc(-c4ccccc4)nc(-c4ccnc5ccccc45)n2)cc1C31C2CC3CC(C2)CC1C3. The van der Waals surface area contributed by atoms with Crippen LogP contribution in [0.3, 0.4) is 0 Å². The maximum absolute atomic E-state index is 5.29. The molecule has 0 N–H and O–H groups in total. The Hall–Kier alpha value is -5.48. The molecule has 5 aromatic carbocycles. The molecule has 0 saturated heterocycles. The van der Waals surface area contributed by atoms with Crippen LogP contribution in [-0.4, -0.2) is 19.9 Å². The molecule has 6 aliphatic rings. The third-order valence-electron chi connectivity index (χ3n) is 14.2. The van der Waals surface area contributed by atoms with Crippen molar-refractivity contribution in [1.29, 1.82) is 0 Å². The highest BCUT2D eigenvalue weighted by Gasteiger charge is 2.62. The summed E-state index contributed by atoms with van der Waals surface area (Å²) in [5.41, 5.74) is 15.7. The van der Waals surface area contributed by atoms with Gasteiger partial charge in [-0.1, -0.05) is 98.8 Å². The first-order valence-electron chi connectivity index (χ1n) is 19.6. The van der Waals surface area contributed by atoms with E-state index in [4.69, 9.17) is 15.0 Å². The van der Waals surface area contributed by atoms with Crippen LogP contribution in [0, 0.1) is 23.7 Å². The number of nitrogens with zero attached hydrogens (tertiary/aromatic N) is 4. The lowest BCUT2D eigenvalue weighted by atomic mass is 9.43. The number of rotatable bonds is 3. The van der Waals surface area contributed by atoms with Gasteiger partial charge in [-0.3, -0.25) is 4.98 Å². The van der Waals surface area contributed by atoms with Crippen molar-refractivity contribution < 1.29 is 0 Å². The average molecular weight is 685 g/mol. The molecule has 256 valence electrons. The second-order valence-electron chi connectivity index (χ2n) is 17.1. The van der Waals surface area contributed by atoms with Crippen molar-refractivity contribution in [1.82, 2.24) is 19.9 Å². The summed E-state index contributed by atoms with van der Waals surface area (Å²) in [5, 5.41) is 1.04. The van der Waals surface area contributed by atoms with Gasteiger partial charge in [0.2, 0.25) is 0 Å². The number of para-hydroxylation sites is 1. The van der Waals surface area contributed by atoms with Crippen LogP contribution in [0.15, 0.2) is 121 Å². The summed E-state index contributed by atoms with van der Waals surface area (Å²) in [4.78, 5) is 20.3. The van der Waals surface area contributed by atoms with Crippen LogP contribution in [0.2, 0.25) is 0 Å². The van der Waals surface area contributed by atoms with Crippen LogP contribution in [0.4, 0.5) is 0 Å². The highest BCUT2D eigenvalue weighted by molar-refractivity contribution is 5.94. The van der Waals surface area contributed by atoms with Crippen LogP contribution in [0.1, 0.15) is 68.2 Å². The molecule has 0 atom stereocenters. The summed E-state index contributed by atoms with van der Waals surface area (Å²) in [7, 11) is 0. The van der Waals surface area contributed by atoms with Gasteiger partial charge in [0.15, 0.2) is 17.5 Å². The Morgan fingerprint density at radius 2 is 1.09 bits per heavy atom. The van der Waals surface area contributed by atoms with Gasteiger partial charge in [-0.2, -0.15) is 0 Å². The number of pyridine rings is 1. The summed E-state index contributed by atoms with van der Waals surface area (Å²) in [6, 6.07) is 42.3. The Labute approximate surface area is 310 Å². The Bertz CT molecular complexity index is 2640. The third kappa shape index (κ3) is 4.02. The van der Waals surface area contributed by atoms with E-state index in [2.05, 4.69) is 116 Å². The van der Waals surface area contributed by atoms with E-state index in [-0.39, 0.29) is 10.8 Å². The average Bonchev–Trinajstić information content (AvgIpc) is 3.60. The highest BCUT2D eigenvalue weighted by Crippen LogP contribution is 2.70. The van der Waals surface area contributed by atoms with E-state index in [9.17, 15) is 0 Å². The van der Waals surface area contributed by atoms with Crippen LogP contribution in [-0.2, 0) is 10.8 Å². The van der Waals surface area contributed by atoms with E-state index in [1.165, 1.54) is 71.0 Å². The third-order valence-corrected chi connectivity index (χ3v) is 14.2. The van der Waals surface area contributed by atoms with E-state index in [1.54, 1.807) is 5.56 Å². The maximum atomic E-state index is 5.29. The second kappa shape index (κ2) is 10.6. The van der Waals surface area contributed by atoms with Gasteiger partial charge in [-0.05, 0) is 131 Å². The zero-order valence-electron chi connectivity index (χ0n) is 30.2. The molecule has 1 spiro atoms. The topological polar surface area (TPSA) is 51.6 Å². The minimum absolute atomic E-state index is 0.0181. The van der Waals surface area contributed by atoms with Gasteiger partial charge in [0.25, 0.3) is 0 Å². The molecule has 53 heavy (non-hydrogen) atoms. The first kappa shape index (κ1) is 30.0. The predicted molar refractivity (Wildman–Crippen MR) is 212 cm³/mol. The fourth-order valence-electron chi connectivity index (χ4n) is 12.2. The van der Waals surface area contributed by atoms with E-state index in [1.807, 2.05) is 24.4 Å². The number of hydrogen-bond donors (Lipinski definition) is 0. The molecule has 2 aromatic heterocycles. The Morgan fingerprint density at radius 1 is 0.472 bits per heavy atom. The van der Waals surface area contributed by atoms with E-state index in [0.717, 1.165) is 45.3 Å². The van der Waals surface area contributed by atoms with Crippen molar-refractivity contribution in [3.05, 3.63) is 144 Å². The molecule has 4 bridgehead atoms. The van der Waals surface area contributed by atoms with Crippen LogP contribution < -0.4 is 0 Å². The van der Waals surface area contributed by atoms with Gasteiger partial charge in [-0.15, -0.1) is 0 Å². The van der Waals surface area contributed by atoms with Gasteiger partial charge in [0.05, 0.1) is 5.52 Å². The lowest BCUT2D eigenvalue weighted by Crippen LogP contribution is -2.55. The van der Waals surface area contributed by atoms with Crippen molar-refractivity contribution in [3.8, 4) is 56.4 Å². The summed E-state index contributed by atoms with van der Waals surface area (Å²) in [5.74, 6) is 5.17. The van der Waals surface area contributed by atoms with Crippen molar-refractivity contribution in [2.45, 2.75) is 56.8 Å². The van der Waals surface area contributed by atoms with Gasteiger partial charge in [0.1, 0.15) is 0 Å². The molecule has 0 radical (unpaired) electrons. The van der Waals surface area contributed by atoms with Crippen LogP contribution in [0.25, 0.3) is 67.3 Å². The number of fused-ring (bicyclic) bond motifs is 7. The zero-order valence-corrected chi connectivity index (χ0v) is 30.2. The fraction of sp³-hybridized carbons (Fsp3) is 0.265. The normalized spacial score (nSPS) is 25.0. The summed E-state index contributed by atoms with van der Waals surface area (Å²) >= 11 is 0. The number of benzene rings is 5. The molecule has 4 saturated carbocycles. The van der Waals surface area contributed by atoms with E-state index < -0.39 is 0 Å². The van der Waals surface area contributed by atoms with E-state index >= 15 is 0 Å². The van der Waals surface area contributed by atoms with Crippen LogP contribution >= 0.6 is 0 Å². The zero-order chi connectivity index (χ0) is 35.1. The minimum atomic E-state index is -0.0346. The van der Waals surface area contributed by atoms with Gasteiger partial charge in [0, 0.05) is 39.1 Å². The van der Waals surface area contributed by atoms with Gasteiger partial charge in [-0.25, -0.2) is 15.0 Å². The summed E-state index contributed by atoms with van der Waals surface area (Å²) in [6.07, 6.45) is 8.69. The molecule has 0 amide bonds. The van der Waals surface area contributed by atoms with Crippen molar-refractivity contribution >= 4 is 10.9 Å². The standard InChI is InChI=1S/C49H40N4/c1-48(2)40-14-8-6-12-34(40)38-27-43-39(26-41(38)48)35-17-16-31(25-42(35)49(43)32-21-28-20-29(23-32)24-33(49)22-28)46-51-45(30-10-4-3-5-11-30)52-47(53-46)37-18-19-50-44-15-9-7-13-36(37)44/h3-19,25-29,32-33H,20-24H2,1-2H3. The summed E-state index contributed by atoms with van der Waals surface area (Å²) < 4.78 is 0. The Balaban J connectivity index is 1.09. The monoisotopic (exact) mass is 684 g/mol. The molecule has 2 heterocycles. The van der Waals surface area contributed by atoms with E-state index in [0.29, 0.717) is 23.5 Å². The molecule has 7 aromatic rings. The Morgan fingerprint density at radius 3 is 1.91 bits per heavy atom. The molecule has 6 aliphatic carbocycles.